The van der Waals surface area contributed by atoms with Gasteiger partial charge in [0, 0.05) is 10.6 Å². The average Bonchev–Trinajstić information content (AvgIpc) is 3.06. The molecule has 0 unspecified atom stereocenters. The molecule has 1 heterocycles. The standard InChI is InChI=1S/C19H16ClN3O3S/c1-12-21-19(23-22-12)27-17(18(24)25)10-13-6-8-15(9-7-13)26-11-14-4-2-3-5-16(14)20/h2-10H,11H2,1H3,(H,24,25)(H,21,22,23)/b17-10-. The summed E-state index contributed by atoms with van der Waals surface area (Å²) in [6.45, 7) is 2.11. The SMILES string of the molecule is Cc1nc(S/C(=C\c2ccc(OCc3ccccc3Cl)cc2)C(=O)O)n[nH]1. The molecule has 2 N–H and O–H groups in total. The van der Waals surface area contributed by atoms with Gasteiger partial charge in [0.15, 0.2) is 0 Å². The maximum Gasteiger partial charge on any atom is 0.342 e. The van der Waals surface area contributed by atoms with Gasteiger partial charge in [0.05, 0.1) is 0 Å². The normalized spacial score (nSPS) is 11.4. The fraction of sp³-hybridized carbons (Fsp3) is 0.105. The van der Waals surface area contributed by atoms with E-state index in [4.69, 9.17) is 16.3 Å². The zero-order valence-electron chi connectivity index (χ0n) is 14.3. The summed E-state index contributed by atoms with van der Waals surface area (Å²) >= 11 is 7.10. The van der Waals surface area contributed by atoms with Gasteiger partial charge in [-0.1, -0.05) is 41.9 Å². The van der Waals surface area contributed by atoms with Crippen LogP contribution in [0, 0.1) is 6.92 Å². The topological polar surface area (TPSA) is 88.1 Å². The van der Waals surface area contributed by atoms with Gasteiger partial charge in [-0.3, -0.25) is 5.10 Å². The van der Waals surface area contributed by atoms with E-state index in [1.807, 2.05) is 24.3 Å². The first-order valence-corrected chi connectivity index (χ1v) is 9.19. The Hall–Kier alpha value is -2.77. The van der Waals surface area contributed by atoms with Crippen LogP contribution < -0.4 is 4.74 Å². The van der Waals surface area contributed by atoms with Crippen molar-refractivity contribution in [3.63, 3.8) is 0 Å². The van der Waals surface area contributed by atoms with Gasteiger partial charge in [-0.25, -0.2) is 9.78 Å². The summed E-state index contributed by atoms with van der Waals surface area (Å²) in [6.07, 6.45) is 1.57. The van der Waals surface area contributed by atoms with Crippen molar-refractivity contribution >= 4 is 35.4 Å². The molecule has 0 amide bonds. The van der Waals surface area contributed by atoms with E-state index in [9.17, 15) is 9.90 Å². The van der Waals surface area contributed by atoms with Crippen LogP contribution in [-0.2, 0) is 11.4 Å². The number of carboxylic acids is 1. The number of H-pyrrole nitrogens is 1. The van der Waals surface area contributed by atoms with Crippen LogP contribution in [0.3, 0.4) is 0 Å². The molecule has 0 aliphatic heterocycles. The summed E-state index contributed by atoms with van der Waals surface area (Å²) in [5.41, 5.74) is 1.63. The molecule has 0 bridgehead atoms. The number of carbonyl (C=O) groups is 1. The third-order valence-electron chi connectivity index (χ3n) is 3.52. The van der Waals surface area contributed by atoms with Crippen LogP contribution in [0.25, 0.3) is 6.08 Å². The van der Waals surface area contributed by atoms with Gasteiger partial charge in [0.25, 0.3) is 0 Å². The lowest BCUT2D eigenvalue weighted by Crippen LogP contribution is -1.98. The smallest absolute Gasteiger partial charge is 0.342 e. The number of carboxylic acid groups (broad SMARTS) is 1. The highest BCUT2D eigenvalue weighted by Gasteiger charge is 2.13. The van der Waals surface area contributed by atoms with Crippen molar-refractivity contribution < 1.29 is 14.6 Å². The molecule has 8 heteroatoms. The van der Waals surface area contributed by atoms with Gasteiger partial charge >= 0.3 is 5.97 Å². The van der Waals surface area contributed by atoms with Crippen LogP contribution in [0.1, 0.15) is 17.0 Å². The zero-order chi connectivity index (χ0) is 19.2. The van der Waals surface area contributed by atoms with Gasteiger partial charge in [0.1, 0.15) is 23.1 Å². The lowest BCUT2D eigenvalue weighted by molar-refractivity contribution is -0.131. The van der Waals surface area contributed by atoms with E-state index < -0.39 is 5.97 Å². The second-order valence-electron chi connectivity index (χ2n) is 5.57. The highest BCUT2D eigenvalue weighted by atomic mass is 35.5. The fourth-order valence-corrected chi connectivity index (χ4v) is 3.13. The number of nitrogens with one attached hydrogen (secondary N) is 1. The Balaban J connectivity index is 1.68. The van der Waals surface area contributed by atoms with E-state index in [-0.39, 0.29) is 4.91 Å². The molecule has 0 spiro atoms. The largest absolute Gasteiger partial charge is 0.489 e. The lowest BCUT2D eigenvalue weighted by atomic mass is 10.2. The number of benzene rings is 2. The first-order chi connectivity index (χ1) is 13.0. The minimum Gasteiger partial charge on any atom is -0.489 e. The molecule has 0 fully saturated rings. The Bertz CT molecular complexity index is 970. The van der Waals surface area contributed by atoms with Crippen molar-refractivity contribution in [1.29, 1.82) is 0 Å². The van der Waals surface area contributed by atoms with Gasteiger partial charge < -0.3 is 9.84 Å². The summed E-state index contributed by atoms with van der Waals surface area (Å²) < 4.78 is 5.73. The maximum atomic E-state index is 11.5. The van der Waals surface area contributed by atoms with Crippen LogP contribution >= 0.6 is 23.4 Å². The van der Waals surface area contributed by atoms with E-state index >= 15 is 0 Å². The van der Waals surface area contributed by atoms with E-state index in [1.165, 1.54) is 0 Å². The molecule has 0 aliphatic rings. The number of thioether (sulfide) groups is 1. The number of nitrogens with zero attached hydrogens (tertiary/aromatic N) is 2. The number of aryl methyl sites for hydroxylation is 1. The van der Waals surface area contributed by atoms with Crippen LogP contribution in [0.15, 0.2) is 58.6 Å². The van der Waals surface area contributed by atoms with Crippen molar-refractivity contribution in [2.75, 3.05) is 0 Å². The Morgan fingerprint density at radius 2 is 2.00 bits per heavy atom. The van der Waals surface area contributed by atoms with E-state index in [2.05, 4.69) is 15.2 Å². The molecular weight excluding hydrogens is 386 g/mol. The molecule has 2 aromatic carbocycles. The van der Waals surface area contributed by atoms with Crippen LogP contribution in [-0.4, -0.2) is 26.3 Å². The number of hydrogen-bond donors (Lipinski definition) is 2. The second-order valence-corrected chi connectivity index (χ2v) is 6.98. The molecular formula is C19H16ClN3O3S. The van der Waals surface area contributed by atoms with E-state index in [0.717, 1.165) is 22.9 Å². The molecule has 138 valence electrons. The quantitative estimate of drug-likeness (QED) is 0.445. The summed E-state index contributed by atoms with van der Waals surface area (Å²) in [5, 5.41) is 17.1. The lowest BCUT2D eigenvalue weighted by Gasteiger charge is -2.08. The van der Waals surface area contributed by atoms with Crippen LogP contribution in [0.4, 0.5) is 0 Å². The number of aliphatic carboxylic acids is 1. The fourth-order valence-electron chi connectivity index (χ4n) is 2.19. The molecule has 27 heavy (non-hydrogen) atoms. The van der Waals surface area contributed by atoms with E-state index in [1.54, 1.807) is 37.3 Å². The zero-order valence-corrected chi connectivity index (χ0v) is 15.9. The average molecular weight is 402 g/mol. The highest BCUT2D eigenvalue weighted by Crippen LogP contribution is 2.26. The first kappa shape index (κ1) is 19.0. The summed E-state index contributed by atoms with van der Waals surface area (Å²) in [7, 11) is 0. The van der Waals surface area contributed by atoms with Gasteiger partial charge in [0.2, 0.25) is 5.16 Å². The monoisotopic (exact) mass is 401 g/mol. The van der Waals surface area contributed by atoms with Crippen LogP contribution in [0.5, 0.6) is 5.75 Å². The number of rotatable bonds is 7. The Morgan fingerprint density at radius 1 is 1.26 bits per heavy atom. The summed E-state index contributed by atoms with van der Waals surface area (Å²) in [4.78, 5) is 15.7. The van der Waals surface area contributed by atoms with Gasteiger partial charge in [-0.2, -0.15) is 0 Å². The highest BCUT2D eigenvalue weighted by molar-refractivity contribution is 8.04. The third-order valence-corrected chi connectivity index (χ3v) is 4.77. The molecule has 3 aromatic rings. The van der Waals surface area contributed by atoms with E-state index in [0.29, 0.717) is 28.4 Å². The molecule has 0 aliphatic carbocycles. The molecule has 0 saturated heterocycles. The number of aromatic amines is 1. The summed E-state index contributed by atoms with van der Waals surface area (Å²) in [5.74, 6) is 0.255. The van der Waals surface area contributed by atoms with Crippen molar-refractivity contribution in [3.05, 3.63) is 75.4 Å². The van der Waals surface area contributed by atoms with Crippen molar-refractivity contribution in [1.82, 2.24) is 15.2 Å². The molecule has 0 saturated carbocycles. The minimum absolute atomic E-state index is 0.124. The van der Waals surface area contributed by atoms with Crippen molar-refractivity contribution in [2.45, 2.75) is 18.7 Å². The number of ether oxygens (including phenoxy) is 1. The van der Waals surface area contributed by atoms with Crippen molar-refractivity contribution in [2.24, 2.45) is 0 Å². The van der Waals surface area contributed by atoms with Gasteiger partial charge in [-0.05, 0) is 48.5 Å². The third kappa shape index (κ3) is 5.35. The molecule has 0 atom stereocenters. The molecule has 3 rings (SSSR count). The molecule has 6 nitrogen and oxygen atoms in total. The van der Waals surface area contributed by atoms with Crippen LogP contribution in [0.2, 0.25) is 5.02 Å². The second kappa shape index (κ2) is 8.75. The number of hydrogen-bond acceptors (Lipinski definition) is 5. The minimum atomic E-state index is -1.04. The predicted octanol–water partition coefficient (Wildman–Crippen LogP) is 4.56. The number of aromatic nitrogens is 3. The van der Waals surface area contributed by atoms with Gasteiger partial charge in [-0.15, -0.1) is 5.10 Å². The maximum absolute atomic E-state index is 11.5. The Kier molecular flexibility index (Phi) is 6.16. The van der Waals surface area contributed by atoms with Crippen molar-refractivity contribution in [3.8, 4) is 5.75 Å². The first-order valence-electron chi connectivity index (χ1n) is 7.99. The summed E-state index contributed by atoms with van der Waals surface area (Å²) in [6, 6.07) is 14.6. The predicted molar refractivity (Wildman–Crippen MR) is 105 cm³/mol. The molecule has 0 radical (unpaired) electrons. The molecule has 1 aromatic heterocycles. The Morgan fingerprint density at radius 3 is 2.63 bits per heavy atom. The number of halogens is 1. The Labute approximate surface area is 165 Å².